The minimum absolute atomic E-state index is 0.272. The number of hydrogen-bond acceptors (Lipinski definition) is 2. The van der Waals surface area contributed by atoms with Crippen LogP contribution in [0.1, 0.15) is 19.4 Å². The molecule has 0 aliphatic heterocycles. The van der Waals surface area contributed by atoms with Crippen molar-refractivity contribution in [1.29, 1.82) is 5.41 Å². The fourth-order valence-corrected chi connectivity index (χ4v) is 1.10. The summed E-state index contributed by atoms with van der Waals surface area (Å²) < 4.78 is 5.04. The Morgan fingerprint density at radius 2 is 1.77 bits per heavy atom. The molecule has 0 saturated carbocycles. The Labute approximate surface area is 79.1 Å². The quantitative estimate of drug-likeness (QED) is 0.707. The minimum atomic E-state index is 0.272. The van der Waals surface area contributed by atoms with Crippen molar-refractivity contribution in [3.05, 3.63) is 29.8 Å². The molecule has 2 heteroatoms. The van der Waals surface area contributed by atoms with Crippen LogP contribution in [-0.2, 0) is 0 Å². The molecular weight excluding hydrogens is 162 g/mol. The summed E-state index contributed by atoms with van der Waals surface area (Å²) in [4.78, 5) is 0. The van der Waals surface area contributed by atoms with Crippen LogP contribution < -0.4 is 4.74 Å². The normalized spacial score (nSPS) is 10.2. The summed E-state index contributed by atoms with van der Waals surface area (Å²) in [5.41, 5.74) is 1.64. The van der Waals surface area contributed by atoms with Gasteiger partial charge in [-0.2, -0.15) is 0 Å². The van der Waals surface area contributed by atoms with Crippen molar-refractivity contribution in [3.8, 4) is 5.75 Å². The molecule has 2 nitrogen and oxygen atoms in total. The number of hydrogen-bond donors (Lipinski definition) is 1. The van der Waals surface area contributed by atoms with Gasteiger partial charge in [0.1, 0.15) is 5.75 Å². The summed E-state index contributed by atoms with van der Waals surface area (Å²) in [5, 5.41) is 7.77. The van der Waals surface area contributed by atoms with Gasteiger partial charge in [0.25, 0.3) is 0 Å². The molecule has 0 fully saturated rings. The van der Waals surface area contributed by atoms with E-state index < -0.39 is 0 Å². The highest BCUT2D eigenvalue weighted by Crippen LogP contribution is 2.14. The number of ether oxygens (including phenoxy) is 1. The van der Waals surface area contributed by atoms with Crippen molar-refractivity contribution in [1.82, 2.24) is 0 Å². The standard InChI is InChI=1S/C11H15NO/c1-8(2)11(12)9-4-6-10(13-3)7-5-9/h4-8,12H,1-3H3. The van der Waals surface area contributed by atoms with Crippen LogP contribution in [0.15, 0.2) is 24.3 Å². The first-order valence-corrected chi connectivity index (χ1v) is 4.38. The molecule has 0 saturated heterocycles. The van der Waals surface area contributed by atoms with E-state index in [0.717, 1.165) is 11.3 Å². The largest absolute Gasteiger partial charge is 0.497 e. The second-order valence-corrected chi connectivity index (χ2v) is 3.30. The monoisotopic (exact) mass is 177 g/mol. The van der Waals surface area contributed by atoms with E-state index in [1.807, 2.05) is 38.1 Å². The van der Waals surface area contributed by atoms with E-state index in [1.165, 1.54) is 0 Å². The summed E-state index contributed by atoms with van der Waals surface area (Å²) in [6, 6.07) is 7.60. The van der Waals surface area contributed by atoms with E-state index >= 15 is 0 Å². The summed E-state index contributed by atoms with van der Waals surface area (Å²) in [5.74, 6) is 1.11. The van der Waals surface area contributed by atoms with E-state index in [1.54, 1.807) is 7.11 Å². The molecule has 0 amide bonds. The Morgan fingerprint density at radius 3 is 2.15 bits per heavy atom. The number of rotatable bonds is 3. The third-order valence-corrected chi connectivity index (χ3v) is 1.98. The molecule has 1 rings (SSSR count). The Morgan fingerprint density at radius 1 is 1.23 bits per heavy atom. The molecule has 0 aromatic heterocycles. The molecule has 1 aromatic rings. The summed E-state index contributed by atoms with van der Waals surface area (Å²) >= 11 is 0. The third-order valence-electron chi connectivity index (χ3n) is 1.98. The van der Waals surface area contributed by atoms with Gasteiger partial charge in [-0.1, -0.05) is 13.8 Å². The van der Waals surface area contributed by atoms with Gasteiger partial charge >= 0.3 is 0 Å². The maximum atomic E-state index is 7.77. The predicted molar refractivity (Wildman–Crippen MR) is 54.7 cm³/mol. The Kier molecular flexibility index (Phi) is 3.07. The van der Waals surface area contributed by atoms with Gasteiger partial charge in [0.05, 0.1) is 7.11 Å². The highest BCUT2D eigenvalue weighted by molar-refractivity contribution is 5.99. The predicted octanol–water partition coefficient (Wildman–Crippen LogP) is 2.72. The molecule has 0 radical (unpaired) electrons. The van der Waals surface area contributed by atoms with Crippen LogP contribution in [0.2, 0.25) is 0 Å². The van der Waals surface area contributed by atoms with E-state index in [-0.39, 0.29) is 5.92 Å². The molecule has 0 heterocycles. The SMILES string of the molecule is COc1ccc(C(=N)C(C)C)cc1. The molecule has 0 aliphatic rings. The minimum Gasteiger partial charge on any atom is -0.497 e. The summed E-state index contributed by atoms with van der Waals surface area (Å²) in [7, 11) is 1.64. The number of nitrogens with one attached hydrogen (secondary N) is 1. The van der Waals surface area contributed by atoms with Crippen LogP contribution in [0, 0.1) is 11.3 Å². The third kappa shape index (κ3) is 2.31. The molecule has 0 aliphatic carbocycles. The molecule has 0 atom stereocenters. The van der Waals surface area contributed by atoms with Crippen molar-refractivity contribution < 1.29 is 4.74 Å². The molecule has 0 bridgehead atoms. The lowest BCUT2D eigenvalue weighted by atomic mass is 10.0. The second-order valence-electron chi connectivity index (χ2n) is 3.30. The second kappa shape index (κ2) is 4.08. The zero-order valence-corrected chi connectivity index (χ0v) is 8.29. The molecule has 0 unspecified atom stereocenters. The van der Waals surface area contributed by atoms with Gasteiger partial charge < -0.3 is 10.1 Å². The number of benzene rings is 1. The maximum Gasteiger partial charge on any atom is 0.118 e. The zero-order chi connectivity index (χ0) is 9.84. The van der Waals surface area contributed by atoms with E-state index in [2.05, 4.69) is 0 Å². The molecule has 70 valence electrons. The highest BCUT2D eigenvalue weighted by atomic mass is 16.5. The first-order valence-electron chi connectivity index (χ1n) is 4.38. The van der Waals surface area contributed by atoms with E-state index in [0.29, 0.717) is 5.71 Å². The average Bonchev–Trinajstić information content (AvgIpc) is 2.17. The lowest BCUT2D eigenvalue weighted by Gasteiger charge is -2.07. The molecule has 13 heavy (non-hydrogen) atoms. The first kappa shape index (κ1) is 9.78. The Bertz CT molecular complexity index is 287. The van der Waals surface area contributed by atoms with Crippen LogP contribution in [0.25, 0.3) is 0 Å². The highest BCUT2D eigenvalue weighted by Gasteiger charge is 2.05. The molecule has 1 aromatic carbocycles. The number of methoxy groups -OCH3 is 1. The fourth-order valence-electron chi connectivity index (χ4n) is 1.10. The Balaban J connectivity index is 2.86. The summed E-state index contributed by atoms with van der Waals surface area (Å²) in [6.07, 6.45) is 0. The Hall–Kier alpha value is -1.31. The van der Waals surface area contributed by atoms with Crippen LogP contribution in [0.4, 0.5) is 0 Å². The van der Waals surface area contributed by atoms with E-state index in [9.17, 15) is 0 Å². The van der Waals surface area contributed by atoms with Gasteiger partial charge in [0, 0.05) is 5.71 Å². The van der Waals surface area contributed by atoms with Gasteiger partial charge in [-0.3, -0.25) is 0 Å². The first-order chi connectivity index (χ1) is 6.15. The van der Waals surface area contributed by atoms with Crippen molar-refractivity contribution >= 4 is 5.71 Å². The van der Waals surface area contributed by atoms with E-state index in [4.69, 9.17) is 10.1 Å². The van der Waals surface area contributed by atoms with Crippen LogP contribution in [-0.4, -0.2) is 12.8 Å². The lowest BCUT2D eigenvalue weighted by Crippen LogP contribution is -2.06. The van der Waals surface area contributed by atoms with Crippen LogP contribution in [0.3, 0.4) is 0 Å². The van der Waals surface area contributed by atoms with Crippen LogP contribution in [0.5, 0.6) is 5.75 Å². The van der Waals surface area contributed by atoms with Crippen molar-refractivity contribution in [2.24, 2.45) is 5.92 Å². The average molecular weight is 177 g/mol. The van der Waals surface area contributed by atoms with Gasteiger partial charge in [0.15, 0.2) is 0 Å². The zero-order valence-electron chi connectivity index (χ0n) is 8.29. The lowest BCUT2D eigenvalue weighted by molar-refractivity contribution is 0.415. The topological polar surface area (TPSA) is 33.1 Å². The van der Waals surface area contributed by atoms with Gasteiger partial charge in [-0.05, 0) is 35.7 Å². The van der Waals surface area contributed by atoms with Gasteiger partial charge in [-0.25, -0.2) is 0 Å². The van der Waals surface area contributed by atoms with Crippen molar-refractivity contribution in [2.75, 3.05) is 7.11 Å². The molecular formula is C11H15NO. The maximum absolute atomic E-state index is 7.77. The van der Waals surface area contributed by atoms with Gasteiger partial charge in [-0.15, -0.1) is 0 Å². The fraction of sp³-hybridized carbons (Fsp3) is 0.364. The van der Waals surface area contributed by atoms with Crippen molar-refractivity contribution in [2.45, 2.75) is 13.8 Å². The van der Waals surface area contributed by atoms with Crippen LogP contribution >= 0.6 is 0 Å². The van der Waals surface area contributed by atoms with Gasteiger partial charge in [0.2, 0.25) is 0 Å². The molecule has 1 N–H and O–H groups in total. The summed E-state index contributed by atoms with van der Waals surface area (Å²) in [6.45, 7) is 4.04. The molecule has 0 spiro atoms. The van der Waals surface area contributed by atoms with Crippen molar-refractivity contribution in [3.63, 3.8) is 0 Å². The smallest absolute Gasteiger partial charge is 0.118 e.